The van der Waals surface area contributed by atoms with Crippen molar-refractivity contribution in [1.82, 2.24) is 20.1 Å². The summed E-state index contributed by atoms with van der Waals surface area (Å²) in [6.07, 6.45) is -2.10. The average Bonchev–Trinajstić information content (AvgIpc) is 3.63. The number of benzene rings is 3. The first kappa shape index (κ1) is 33.0. The topological polar surface area (TPSA) is 102 Å². The molecule has 1 aliphatic rings. The molecule has 0 saturated carbocycles. The molecule has 1 unspecified atom stereocenters. The number of ether oxygens (including phenoxy) is 1. The van der Waals surface area contributed by atoms with Gasteiger partial charge in [-0.25, -0.2) is 14.5 Å². The second-order valence-electron chi connectivity index (χ2n) is 10.8. The molecule has 5 rings (SSSR count). The van der Waals surface area contributed by atoms with Crippen molar-refractivity contribution in [1.29, 1.82) is 0 Å². The molecule has 3 amide bonds. The van der Waals surface area contributed by atoms with Crippen LogP contribution in [0, 0.1) is 0 Å². The molecule has 1 aliphatic heterocycles. The third-order valence-electron chi connectivity index (χ3n) is 7.16. The molecule has 0 aliphatic carbocycles. The van der Waals surface area contributed by atoms with Gasteiger partial charge in [-0.2, -0.15) is 4.99 Å². The molecular weight excluding hydrogens is 641 g/mol. The van der Waals surface area contributed by atoms with E-state index in [4.69, 9.17) is 11.6 Å². The van der Waals surface area contributed by atoms with Gasteiger partial charge in [-0.1, -0.05) is 74.5 Å². The number of anilines is 1. The fourth-order valence-electron chi connectivity index (χ4n) is 4.87. The van der Waals surface area contributed by atoms with Gasteiger partial charge in [0.15, 0.2) is 11.0 Å². The monoisotopic (exact) mass is 670 g/mol. The van der Waals surface area contributed by atoms with E-state index >= 15 is 0 Å². The number of hydrogen-bond donors (Lipinski definition) is 1. The number of amidine groups is 1. The predicted molar refractivity (Wildman–Crippen MR) is 173 cm³/mol. The summed E-state index contributed by atoms with van der Waals surface area (Å²) in [5, 5.41) is 8.19. The number of carbonyl (C=O) groups excluding carboxylic acids is 2. The lowest BCUT2D eigenvalue weighted by atomic mass is 10.0. The van der Waals surface area contributed by atoms with Crippen molar-refractivity contribution >= 4 is 46.2 Å². The van der Waals surface area contributed by atoms with Crippen LogP contribution in [0.2, 0.25) is 5.02 Å². The normalized spacial score (nSPS) is 15.1. The van der Waals surface area contributed by atoms with Crippen LogP contribution in [0.4, 0.5) is 23.7 Å². The van der Waals surface area contributed by atoms with Crippen LogP contribution in [0.15, 0.2) is 78.0 Å². The predicted octanol–water partition coefficient (Wildman–Crippen LogP) is 7.78. The molecule has 4 aromatic rings. The second-order valence-corrected chi connectivity index (χ2v) is 12.2. The number of aliphatic imine (C=N–C) groups is 1. The SMILES string of the molecule is CCC(Cc1ccc(-c2ncn(-c3ccc(OC(F)(F)F)cc3)n2)cc1)NC(=O)/N=C1\SCC(=O)N1c1cc(Cl)ccc1C(C)C. The highest BCUT2D eigenvalue weighted by molar-refractivity contribution is 8.15. The number of thioether (sulfide) groups is 1. The highest BCUT2D eigenvalue weighted by Crippen LogP contribution is 2.35. The van der Waals surface area contributed by atoms with Crippen LogP contribution in [0.1, 0.15) is 44.2 Å². The molecule has 9 nitrogen and oxygen atoms in total. The van der Waals surface area contributed by atoms with Gasteiger partial charge in [0.25, 0.3) is 0 Å². The molecule has 1 aromatic heterocycles. The third kappa shape index (κ3) is 8.07. The molecule has 3 aromatic carbocycles. The Hall–Kier alpha value is -4.36. The first-order valence-electron chi connectivity index (χ1n) is 14.4. The van der Waals surface area contributed by atoms with Gasteiger partial charge in [-0.05, 0) is 66.3 Å². The summed E-state index contributed by atoms with van der Waals surface area (Å²) in [6, 6.07) is 17.5. The number of carbonyl (C=O) groups is 2. The largest absolute Gasteiger partial charge is 0.573 e. The van der Waals surface area contributed by atoms with E-state index in [0.717, 1.165) is 16.7 Å². The molecule has 1 atom stereocenters. The molecule has 0 bridgehead atoms. The Bertz CT molecular complexity index is 1740. The van der Waals surface area contributed by atoms with Gasteiger partial charge >= 0.3 is 12.4 Å². The molecule has 1 saturated heterocycles. The zero-order valence-corrected chi connectivity index (χ0v) is 26.7. The quantitative estimate of drug-likeness (QED) is 0.195. The van der Waals surface area contributed by atoms with E-state index in [1.807, 2.05) is 51.1 Å². The van der Waals surface area contributed by atoms with Crippen molar-refractivity contribution in [2.75, 3.05) is 10.7 Å². The minimum absolute atomic E-state index is 0.130. The number of aromatic nitrogens is 3. The standard InChI is InChI=1S/C32H30ClF3N6O3S/c1-4-23(38-30(44)39-31-42(28(43)17-46-31)27-16-22(33)9-14-26(27)19(2)3)15-20-5-7-21(8-6-20)29-37-18-41(40-29)24-10-12-25(13-11-24)45-32(34,35)36/h5-14,16,18-19,23H,4,15,17H2,1-3H3,(H,38,44)/b39-31-. The van der Waals surface area contributed by atoms with Gasteiger partial charge in [0, 0.05) is 16.6 Å². The molecule has 240 valence electrons. The van der Waals surface area contributed by atoms with E-state index in [2.05, 4.69) is 25.1 Å². The number of nitrogens with zero attached hydrogens (tertiary/aromatic N) is 5. The Balaban J connectivity index is 1.23. The van der Waals surface area contributed by atoms with Crippen LogP contribution in [-0.2, 0) is 11.2 Å². The van der Waals surface area contributed by atoms with E-state index in [1.54, 1.807) is 12.1 Å². The molecule has 14 heteroatoms. The van der Waals surface area contributed by atoms with Crippen molar-refractivity contribution in [2.45, 2.75) is 51.9 Å². The highest BCUT2D eigenvalue weighted by Gasteiger charge is 2.33. The minimum Gasteiger partial charge on any atom is -0.406 e. The van der Waals surface area contributed by atoms with Gasteiger partial charge in [0.05, 0.1) is 17.1 Å². The second kappa shape index (κ2) is 14.0. The zero-order chi connectivity index (χ0) is 33.0. The summed E-state index contributed by atoms with van der Waals surface area (Å²) in [7, 11) is 0. The summed E-state index contributed by atoms with van der Waals surface area (Å²) < 4.78 is 42.7. The van der Waals surface area contributed by atoms with Crippen molar-refractivity contribution < 1.29 is 27.5 Å². The Morgan fingerprint density at radius 1 is 1.11 bits per heavy atom. The molecule has 2 heterocycles. The summed E-state index contributed by atoms with van der Waals surface area (Å²) in [6.45, 7) is 6.01. The van der Waals surface area contributed by atoms with Crippen molar-refractivity contribution in [3.8, 4) is 22.8 Å². The van der Waals surface area contributed by atoms with Crippen molar-refractivity contribution in [2.24, 2.45) is 4.99 Å². The van der Waals surface area contributed by atoms with Crippen molar-refractivity contribution in [3.05, 3.63) is 89.2 Å². The van der Waals surface area contributed by atoms with Crippen LogP contribution in [0.3, 0.4) is 0 Å². The minimum atomic E-state index is -4.76. The first-order valence-corrected chi connectivity index (χ1v) is 15.8. The fraction of sp³-hybridized carbons (Fsp3) is 0.281. The summed E-state index contributed by atoms with van der Waals surface area (Å²) >= 11 is 7.46. The average molecular weight is 671 g/mol. The van der Waals surface area contributed by atoms with E-state index in [-0.39, 0.29) is 29.4 Å². The van der Waals surface area contributed by atoms with Crippen LogP contribution in [-0.4, -0.2) is 50.0 Å². The van der Waals surface area contributed by atoms with Crippen molar-refractivity contribution in [3.63, 3.8) is 0 Å². The first-order chi connectivity index (χ1) is 21.9. The fourth-order valence-corrected chi connectivity index (χ4v) is 5.89. The molecule has 46 heavy (non-hydrogen) atoms. The number of alkyl halides is 3. The van der Waals surface area contributed by atoms with Crippen LogP contribution in [0.25, 0.3) is 17.1 Å². The molecule has 1 N–H and O–H groups in total. The number of amides is 3. The van der Waals surface area contributed by atoms with E-state index < -0.39 is 12.4 Å². The van der Waals surface area contributed by atoms with Crippen LogP contribution >= 0.6 is 23.4 Å². The van der Waals surface area contributed by atoms with Gasteiger partial charge < -0.3 is 10.1 Å². The third-order valence-corrected chi connectivity index (χ3v) is 8.32. The summed E-state index contributed by atoms with van der Waals surface area (Å²) in [5.41, 5.74) is 3.79. The van der Waals surface area contributed by atoms with Crippen LogP contribution < -0.4 is 15.0 Å². The lowest BCUT2D eigenvalue weighted by Crippen LogP contribution is -2.36. The van der Waals surface area contributed by atoms with Gasteiger partial charge in [0.1, 0.15) is 12.1 Å². The Morgan fingerprint density at radius 2 is 1.83 bits per heavy atom. The zero-order valence-electron chi connectivity index (χ0n) is 25.1. The molecule has 0 radical (unpaired) electrons. The summed E-state index contributed by atoms with van der Waals surface area (Å²) in [4.78, 5) is 35.9. The Kier molecular flexibility index (Phi) is 10.0. The summed E-state index contributed by atoms with van der Waals surface area (Å²) in [5.74, 6) is 0.252. The highest BCUT2D eigenvalue weighted by atomic mass is 35.5. The number of rotatable bonds is 9. The van der Waals surface area contributed by atoms with E-state index in [9.17, 15) is 22.8 Å². The maximum Gasteiger partial charge on any atom is 0.573 e. The Labute approximate surface area is 272 Å². The van der Waals surface area contributed by atoms with E-state index in [0.29, 0.717) is 40.2 Å². The van der Waals surface area contributed by atoms with E-state index in [1.165, 1.54) is 51.9 Å². The molecule has 0 spiro atoms. The number of nitrogens with one attached hydrogen (secondary N) is 1. The lowest BCUT2D eigenvalue weighted by Gasteiger charge is -2.22. The molecule has 1 fully saturated rings. The smallest absolute Gasteiger partial charge is 0.406 e. The van der Waals surface area contributed by atoms with Gasteiger partial charge in [-0.15, -0.1) is 18.3 Å². The lowest BCUT2D eigenvalue weighted by molar-refractivity contribution is -0.274. The molecular formula is C32H30ClF3N6O3S. The Morgan fingerprint density at radius 3 is 2.48 bits per heavy atom. The maximum atomic E-state index is 13.0. The maximum absolute atomic E-state index is 13.0. The van der Waals surface area contributed by atoms with Gasteiger partial charge in [0.2, 0.25) is 5.91 Å². The number of hydrogen-bond acceptors (Lipinski definition) is 6. The number of halogens is 4. The number of urea groups is 1. The van der Waals surface area contributed by atoms with Gasteiger partial charge in [-0.3, -0.25) is 9.69 Å². The van der Waals surface area contributed by atoms with Crippen LogP contribution in [0.5, 0.6) is 5.75 Å².